The molecule has 0 aromatic heterocycles. The van der Waals surface area contributed by atoms with Crippen molar-refractivity contribution in [3.63, 3.8) is 0 Å². The molecule has 1 amide bonds. The molecule has 0 radical (unpaired) electrons. The van der Waals surface area contributed by atoms with Crippen LogP contribution >= 0.6 is 0 Å². The molecule has 0 atom stereocenters. The van der Waals surface area contributed by atoms with Gasteiger partial charge in [0.2, 0.25) is 15.9 Å². The van der Waals surface area contributed by atoms with Crippen LogP contribution in [0.1, 0.15) is 75.8 Å². The fourth-order valence-corrected chi connectivity index (χ4v) is 5.19. The van der Waals surface area contributed by atoms with E-state index >= 15 is 0 Å². The lowest BCUT2D eigenvalue weighted by molar-refractivity contribution is -0.118. The van der Waals surface area contributed by atoms with Crippen LogP contribution in [0.15, 0.2) is 36.4 Å². The summed E-state index contributed by atoms with van der Waals surface area (Å²) < 4.78 is 47.6. The summed E-state index contributed by atoms with van der Waals surface area (Å²) in [6, 6.07) is 10.6. The number of hydrogen-bond acceptors (Lipinski definition) is 4. The Morgan fingerprint density at radius 3 is 2.42 bits per heavy atom. The molecule has 2 fully saturated rings. The predicted molar refractivity (Wildman–Crippen MR) is 127 cm³/mol. The SMILES string of the molecule is CC(C)S(=O)(=O)NC(=O)Cc1ccc(OC2CCCC2)c(-c2cccc(F)c2C2CCC2)c1. The van der Waals surface area contributed by atoms with Crippen molar-refractivity contribution in [3.8, 4) is 16.9 Å². The highest BCUT2D eigenvalue weighted by Gasteiger charge is 2.28. The monoisotopic (exact) mass is 473 g/mol. The Balaban J connectivity index is 1.69. The molecule has 0 bridgehead atoms. The van der Waals surface area contributed by atoms with Crippen LogP contribution in [0, 0.1) is 5.82 Å². The molecule has 2 aliphatic carbocycles. The molecule has 2 saturated carbocycles. The van der Waals surface area contributed by atoms with Crippen LogP contribution in [0.3, 0.4) is 0 Å². The Bertz CT molecular complexity index is 1120. The highest BCUT2D eigenvalue weighted by atomic mass is 32.2. The highest BCUT2D eigenvalue weighted by molar-refractivity contribution is 7.90. The number of rotatable bonds is 8. The van der Waals surface area contributed by atoms with Gasteiger partial charge < -0.3 is 4.74 Å². The zero-order valence-corrected chi connectivity index (χ0v) is 20.1. The molecule has 33 heavy (non-hydrogen) atoms. The number of nitrogens with one attached hydrogen (secondary N) is 1. The predicted octanol–water partition coefficient (Wildman–Crippen LogP) is 5.48. The Labute approximate surface area is 195 Å². The summed E-state index contributed by atoms with van der Waals surface area (Å²) in [5, 5.41) is -0.698. The number of amides is 1. The number of ether oxygens (including phenoxy) is 1. The van der Waals surface area contributed by atoms with Gasteiger partial charge >= 0.3 is 0 Å². The molecule has 0 unspecified atom stereocenters. The maximum Gasteiger partial charge on any atom is 0.237 e. The first-order valence-corrected chi connectivity index (χ1v) is 13.4. The third-order valence-electron chi connectivity index (χ3n) is 6.74. The highest BCUT2D eigenvalue weighted by Crippen LogP contribution is 2.45. The molecule has 2 aliphatic rings. The van der Waals surface area contributed by atoms with Gasteiger partial charge in [-0.2, -0.15) is 0 Å². The van der Waals surface area contributed by atoms with Crippen molar-refractivity contribution in [2.75, 3.05) is 0 Å². The summed E-state index contributed by atoms with van der Waals surface area (Å²) in [4.78, 5) is 12.4. The zero-order valence-electron chi connectivity index (χ0n) is 19.3. The minimum absolute atomic E-state index is 0.0866. The van der Waals surface area contributed by atoms with Gasteiger partial charge in [0.25, 0.3) is 0 Å². The minimum atomic E-state index is -3.70. The van der Waals surface area contributed by atoms with E-state index in [9.17, 15) is 17.6 Å². The summed E-state index contributed by atoms with van der Waals surface area (Å²) in [6.45, 7) is 3.05. The van der Waals surface area contributed by atoms with E-state index in [4.69, 9.17) is 4.74 Å². The average molecular weight is 474 g/mol. The Morgan fingerprint density at radius 2 is 1.79 bits per heavy atom. The van der Waals surface area contributed by atoms with E-state index in [1.54, 1.807) is 12.1 Å². The van der Waals surface area contributed by atoms with Gasteiger partial charge in [0.05, 0.1) is 17.8 Å². The Morgan fingerprint density at radius 1 is 1.06 bits per heavy atom. The molecule has 0 aliphatic heterocycles. The number of hydrogen-bond donors (Lipinski definition) is 1. The van der Waals surface area contributed by atoms with Crippen molar-refractivity contribution in [2.24, 2.45) is 0 Å². The molecular formula is C26H32FNO4S. The lowest BCUT2D eigenvalue weighted by Gasteiger charge is -2.29. The average Bonchev–Trinajstić information content (AvgIpc) is 3.22. The van der Waals surface area contributed by atoms with E-state index in [0.717, 1.165) is 56.1 Å². The number of benzene rings is 2. The molecule has 5 nitrogen and oxygen atoms in total. The summed E-state index contributed by atoms with van der Waals surface area (Å²) in [5.74, 6) is 0.0727. The van der Waals surface area contributed by atoms with Crippen molar-refractivity contribution in [2.45, 2.75) is 82.5 Å². The molecule has 0 heterocycles. The first-order chi connectivity index (χ1) is 15.7. The molecule has 178 valence electrons. The van der Waals surface area contributed by atoms with E-state index in [1.807, 2.05) is 18.2 Å². The Hall–Kier alpha value is -2.41. The van der Waals surface area contributed by atoms with Crippen LogP contribution in [0.5, 0.6) is 5.75 Å². The third-order valence-corrected chi connectivity index (χ3v) is 8.49. The topological polar surface area (TPSA) is 72.5 Å². The van der Waals surface area contributed by atoms with E-state index in [-0.39, 0.29) is 24.3 Å². The molecular weight excluding hydrogens is 441 g/mol. The number of halogens is 1. The maximum absolute atomic E-state index is 14.9. The molecule has 2 aromatic rings. The fraction of sp³-hybridized carbons (Fsp3) is 0.500. The van der Waals surface area contributed by atoms with Crippen LogP contribution in [0.4, 0.5) is 4.39 Å². The van der Waals surface area contributed by atoms with E-state index < -0.39 is 21.2 Å². The molecule has 0 saturated heterocycles. The number of carbonyl (C=O) groups excluding carboxylic acids is 1. The normalized spacial score (nSPS) is 17.2. The van der Waals surface area contributed by atoms with Gasteiger partial charge in [0.1, 0.15) is 11.6 Å². The molecule has 4 rings (SSSR count). The van der Waals surface area contributed by atoms with Crippen LogP contribution in [0.2, 0.25) is 0 Å². The fourth-order valence-electron chi connectivity index (χ4n) is 4.57. The number of sulfonamides is 1. The second kappa shape index (κ2) is 9.84. The van der Waals surface area contributed by atoms with Crippen LogP contribution < -0.4 is 9.46 Å². The second-order valence-electron chi connectivity index (χ2n) is 9.48. The summed E-state index contributed by atoms with van der Waals surface area (Å²) in [7, 11) is -3.70. The van der Waals surface area contributed by atoms with E-state index in [0.29, 0.717) is 16.9 Å². The summed E-state index contributed by atoms with van der Waals surface area (Å²) in [5.41, 5.74) is 2.93. The van der Waals surface area contributed by atoms with Gasteiger partial charge in [-0.05, 0) is 93.2 Å². The summed E-state index contributed by atoms with van der Waals surface area (Å²) >= 11 is 0. The van der Waals surface area contributed by atoms with Gasteiger partial charge in [0, 0.05) is 5.56 Å². The van der Waals surface area contributed by atoms with Crippen molar-refractivity contribution < 1.29 is 22.3 Å². The van der Waals surface area contributed by atoms with Crippen molar-refractivity contribution in [1.29, 1.82) is 0 Å². The molecule has 7 heteroatoms. The third kappa shape index (κ3) is 5.40. The zero-order chi connectivity index (χ0) is 23.6. The smallest absolute Gasteiger partial charge is 0.237 e. The van der Waals surface area contributed by atoms with E-state index in [2.05, 4.69) is 4.72 Å². The van der Waals surface area contributed by atoms with E-state index in [1.165, 1.54) is 19.9 Å². The standard InChI is InChI=1S/C26H32FNO4S/c1-17(2)33(30,31)28-25(29)16-18-13-14-24(32-20-9-3-4-10-20)22(15-18)21-11-6-12-23(27)26(21)19-7-5-8-19/h6,11-15,17,19-20H,3-5,7-10,16H2,1-2H3,(H,28,29). The molecule has 1 N–H and O–H groups in total. The van der Waals surface area contributed by atoms with Gasteiger partial charge in [-0.3, -0.25) is 9.52 Å². The van der Waals surface area contributed by atoms with Crippen LogP contribution in [-0.4, -0.2) is 25.7 Å². The van der Waals surface area contributed by atoms with Crippen molar-refractivity contribution in [1.82, 2.24) is 4.72 Å². The van der Waals surface area contributed by atoms with Crippen LogP contribution in [0.25, 0.3) is 11.1 Å². The van der Waals surface area contributed by atoms with Gasteiger partial charge in [-0.25, -0.2) is 12.8 Å². The largest absolute Gasteiger partial charge is 0.490 e. The quantitative estimate of drug-likeness (QED) is 0.551. The number of carbonyl (C=O) groups is 1. The maximum atomic E-state index is 14.9. The second-order valence-corrected chi connectivity index (χ2v) is 11.7. The first-order valence-electron chi connectivity index (χ1n) is 11.9. The van der Waals surface area contributed by atoms with Gasteiger partial charge in [-0.15, -0.1) is 0 Å². The first kappa shape index (κ1) is 23.7. The van der Waals surface area contributed by atoms with Gasteiger partial charge in [-0.1, -0.05) is 24.6 Å². The summed E-state index contributed by atoms with van der Waals surface area (Å²) in [6.07, 6.45) is 7.32. The molecule has 2 aromatic carbocycles. The van der Waals surface area contributed by atoms with Crippen molar-refractivity contribution in [3.05, 3.63) is 53.3 Å². The Kier molecular flexibility index (Phi) is 7.07. The lowest BCUT2D eigenvalue weighted by Crippen LogP contribution is -2.36. The van der Waals surface area contributed by atoms with Gasteiger partial charge in [0.15, 0.2) is 0 Å². The molecule has 0 spiro atoms. The minimum Gasteiger partial charge on any atom is -0.490 e. The lowest BCUT2D eigenvalue weighted by atomic mass is 9.76. The van der Waals surface area contributed by atoms with Crippen molar-refractivity contribution >= 4 is 15.9 Å². The van der Waals surface area contributed by atoms with Crippen LogP contribution in [-0.2, 0) is 21.2 Å².